The Kier molecular flexibility index (Phi) is 2.39. The molecular weight excluding hydrogens is 260 g/mol. The number of hydrogen-bond acceptors (Lipinski definition) is 2. The number of hydrogen-bond donors (Lipinski definition) is 0. The second-order valence-corrected chi connectivity index (χ2v) is 5.45. The minimum atomic E-state index is 0.00181. The van der Waals surface area contributed by atoms with Crippen LogP contribution in [-0.4, -0.2) is 9.38 Å². The molecule has 0 unspecified atom stereocenters. The van der Waals surface area contributed by atoms with Gasteiger partial charge in [0, 0.05) is 22.5 Å². The van der Waals surface area contributed by atoms with Gasteiger partial charge >= 0.3 is 0 Å². The molecule has 0 fully saturated rings. The van der Waals surface area contributed by atoms with Crippen LogP contribution in [0.4, 0.5) is 0 Å². The highest BCUT2D eigenvalue weighted by atomic mass is 16.1. The molecule has 0 aliphatic heterocycles. The van der Waals surface area contributed by atoms with Gasteiger partial charge in [0.15, 0.2) is 0 Å². The van der Waals surface area contributed by atoms with E-state index in [9.17, 15) is 4.79 Å². The van der Waals surface area contributed by atoms with Crippen molar-refractivity contribution in [3.8, 4) is 0 Å². The van der Waals surface area contributed by atoms with E-state index in [1.807, 2.05) is 56.4 Å². The molecule has 1 aromatic carbocycles. The van der Waals surface area contributed by atoms with E-state index in [1.165, 1.54) is 0 Å². The number of rotatable bonds is 0. The minimum absolute atomic E-state index is 0.00181. The summed E-state index contributed by atoms with van der Waals surface area (Å²) in [6.45, 7) is 3.89. The van der Waals surface area contributed by atoms with E-state index in [4.69, 9.17) is 0 Å². The SMILES string of the molecule is Cc1ccc2cc3c(c(C)nc4ccccc43)c(=O)n2c1. The monoisotopic (exact) mass is 274 g/mol. The molecule has 4 aromatic rings. The molecule has 0 saturated carbocycles. The number of aryl methyl sites for hydroxylation is 2. The third kappa shape index (κ3) is 1.67. The maximum atomic E-state index is 12.8. The van der Waals surface area contributed by atoms with Crippen LogP contribution in [0.2, 0.25) is 0 Å². The number of fused-ring (bicyclic) bond motifs is 4. The van der Waals surface area contributed by atoms with E-state index in [0.717, 1.165) is 33.1 Å². The average molecular weight is 274 g/mol. The predicted molar refractivity (Wildman–Crippen MR) is 85.9 cm³/mol. The summed E-state index contributed by atoms with van der Waals surface area (Å²) in [7, 11) is 0. The molecule has 0 N–H and O–H groups in total. The van der Waals surface area contributed by atoms with E-state index < -0.39 is 0 Å². The fraction of sp³-hybridized carbons (Fsp3) is 0.111. The maximum Gasteiger partial charge on any atom is 0.264 e. The quantitative estimate of drug-likeness (QED) is 0.362. The maximum absolute atomic E-state index is 12.8. The highest BCUT2D eigenvalue weighted by molar-refractivity contribution is 6.07. The van der Waals surface area contributed by atoms with E-state index in [0.29, 0.717) is 5.39 Å². The molecule has 0 amide bonds. The van der Waals surface area contributed by atoms with Crippen LogP contribution in [0.3, 0.4) is 0 Å². The fourth-order valence-corrected chi connectivity index (χ4v) is 2.97. The van der Waals surface area contributed by atoms with Gasteiger partial charge in [-0.3, -0.25) is 14.2 Å². The zero-order chi connectivity index (χ0) is 14.6. The van der Waals surface area contributed by atoms with Gasteiger partial charge in [-0.2, -0.15) is 0 Å². The minimum Gasteiger partial charge on any atom is -0.283 e. The first-order valence-corrected chi connectivity index (χ1v) is 6.96. The molecule has 3 heterocycles. The van der Waals surface area contributed by atoms with Gasteiger partial charge < -0.3 is 0 Å². The zero-order valence-electron chi connectivity index (χ0n) is 11.9. The topological polar surface area (TPSA) is 34.4 Å². The van der Waals surface area contributed by atoms with Crippen molar-refractivity contribution >= 4 is 27.2 Å². The molecule has 102 valence electrons. The summed E-state index contributed by atoms with van der Waals surface area (Å²) >= 11 is 0. The smallest absolute Gasteiger partial charge is 0.264 e. The molecule has 0 atom stereocenters. The van der Waals surface area contributed by atoms with Crippen molar-refractivity contribution in [2.45, 2.75) is 13.8 Å². The van der Waals surface area contributed by atoms with E-state index in [2.05, 4.69) is 11.1 Å². The molecule has 21 heavy (non-hydrogen) atoms. The van der Waals surface area contributed by atoms with Crippen LogP contribution < -0.4 is 5.56 Å². The molecule has 0 saturated heterocycles. The van der Waals surface area contributed by atoms with Crippen molar-refractivity contribution in [3.63, 3.8) is 0 Å². The largest absolute Gasteiger partial charge is 0.283 e. The van der Waals surface area contributed by atoms with Crippen LogP contribution in [-0.2, 0) is 0 Å². The summed E-state index contributed by atoms with van der Waals surface area (Å²) in [6, 6.07) is 14.0. The summed E-state index contributed by atoms with van der Waals surface area (Å²) in [5.41, 5.74) is 3.69. The Morgan fingerprint density at radius 3 is 2.67 bits per heavy atom. The van der Waals surface area contributed by atoms with Crippen molar-refractivity contribution in [1.29, 1.82) is 0 Å². The molecule has 4 rings (SSSR count). The molecular formula is C18H14N2O. The predicted octanol–water partition coefficient (Wildman–Crippen LogP) is 3.62. The molecule has 0 aliphatic carbocycles. The molecule has 0 radical (unpaired) electrons. The van der Waals surface area contributed by atoms with Crippen LogP contribution >= 0.6 is 0 Å². The summed E-state index contributed by atoms with van der Waals surface area (Å²) in [4.78, 5) is 17.4. The van der Waals surface area contributed by atoms with Gasteiger partial charge in [-0.15, -0.1) is 0 Å². The zero-order valence-corrected chi connectivity index (χ0v) is 11.9. The molecule has 3 aromatic heterocycles. The summed E-state index contributed by atoms with van der Waals surface area (Å²) in [5.74, 6) is 0. The van der Waals surface area contributed by atoms with Gasteiger partial charge in [0.1, 0.15) is 0 Å². The number of nitrogens with zero attached hydrogens (tertiary/aromatic N) is 2. The first-order chi connectivity index (χ1) is 10.1. The standard InChI is InChI=1S/C18H14N2O/c1-11-7-8-13-9-15-14-5-3-4-6-16(14)19-12(2)17(15)18(21)20(13)10-11/h3-10H,1-2H3. The Morgan fingerprint density at radius 2 is 1.81 bits per heavy atom. The molecule has 0 spiro atoms. The molecule has 0 bridgehead atoms. The second kappa shape index (κ2) is 4.16. The van der Waals surface area contributed by atoms with Crippen molar-refractivity contribution in [2.75, 3.05) is 0 Å². The number of para-hydroxylation sites is 1. The van der Waals surface area contributed by atoms with E-state index in [1.54, 1.807) is 4.40 Å². The van der Waals surface area contributed by atoms with Gasteiger partial charge in [-0.05, 0) is 37.6 Å². The molecule has 0 aliphatic rings. The van der Waals surface area contributed by atoms with Crippen LogP contribution in [0.25, 0.3) is 27.2 Å². The van der Waals surface area contributed by atoms with Crippen LogP contribution in [0, 0.1) is 13.8 Å². The number of benzene rings is 1. The Hall–Kier alpha value is -2.68. The van der Waals surface area contributed by atoms with Gasteiger partial charge in [0.25, 0.3) is 5.56 Å². The third-order valence-corrected chi connectivity index (χ3v) is 3.97. The van der Waals surface area contributed by atoms with Gasteiger partial charge in [0.05, 0.1) is 16.6 Å². The number of aromatic nitrogens is 2. The summed E-state index contributed by atoms with van der Waals surface area (Å²) in [5, 5.41) is 2.71. The van der Waals surface area contributed by atoms with E-state index in [-0.39, 0.29) is 5.56 Å². The third-order valence-electron chi connectivity index (χ3n) is 3.97. The fourth-order valence-electron chi connectivity index (χ4n) is 2.97. The normalized spacial score (nSPS) is 11.5. The summed E-state index contributed by atoms with van der Waals surface area (Å²) < 4.78 is 1.71. The number of pyridine rings is 3. The van der Waals surface area contributed by atoms with Crippen LogP contribution in [0.15, 0.2) is 53.5 Å². The van der Waals surface area contributed by atoms with Crippen LogP contribution in [0.1, 0.15) is 11.3 Å². The lowest BCUT2D eigenvalue weighted by atomic mass is 10.0. The van der Waals surface area contributed by atoms with Gasteiger partial charge in [-0.1, -0.05) is 24.3 Å². The second-order valence-electron chi connectivity index (χ2n) is 5.45. The first kappa shape index (κ1) is 12.1. The Balaban J connectivity index is 2.36. The lowest BCUT2D eigenvalue weighted by Crippen LogP contribution is -2.15. The lowest BCUT2D eigenvalue weighted by Gasteiger charge is -2.09. The van der Waals surface area contributed by atoms with Crippen LogP contribution in [0.5, 0.6) is 0 Å². The van der Waals surface area contributed by atoms with Gasteiger partial charge in [-0.25, -0.2) is 0 Å². The lowest BCUT2D eigenvalue weighted by molar-refractivity contribution is 1.09. The molecule has 3 nitrogen and oxygen atoms in total. The highest BCUT2D eigenvalue weighted by Gasteiger charge is 2.11. The Morgan fingerprint density at radius 1 is 1.00 bits per heavy atom. The molecule has 3 heteroatoms. The van der Waals surface area contributed by atoms with Crippen molar-refractivity contribution < 1.29 is 0 Å². The van der Waals surface area contributed by atoms with Gasteiger partial charge in [0.2, 0.25) is 0 Å². The first-order valence-electron chi connectivity index (χ1n) is 6.96. The van der Waals surface area contributed by atoms with E-state index >= 15 is 0 Å². The Labute approximate surface area is 121 Å². The average Bonchev–Trinajstić information content (AvgIpc) is 2.48. The Bertz CT molecular complexity index is 1080. The van der Waals surface area contributed by atoms with Crippen molar-refractivity contribution in [3.05, 3.63) is 70.3 Å². The highest BCUT2D eigenvalue weighted by Crippen LogP contribution is 2.25. The van der Waals surface area contributed by atoms with Crippen molar-refractivity contribution in [1.82, 2.24) is 9.38 Å². The summed E-state index contributed by atoms with van der Waals surface area (Å²) in [6.07, 6.45) is 1.88. The van der Waals surface area contributed by atoms with Crippen molar-refractivity contribution in [2.24, 2.45) is 0 Å².